The van der Waals surface area contributed by atoms with Gasteiger partial charge in [-0.05, 0) is 30.2 Å². The molecule has 2 nitrogen and oxygen atoms in total. The summed E-state index contributed by atoms with van der Waals surface area (Å²) in [6, 6.07) is 6.14. The number of nitrogens with one attached hydrogen (secondary N) is 1. The fourth-order valence-corrected chi connectivity index (χ4v) is 1.39. The van der Waals surface area contributed by atoms with E-state index in [4.69, 9.17) is 5.26 Å². The summed E-state index contributed by atoms with van der Waals surface area (Å²) in [4.78, 5) is 0. The normalized spacial score (nSPS) is 11.8. The van der Waals surface area contributed by atoms with E-state index in [0.717, 1.165) is 11.1 Å². The van der Waals surface area contributed by atoms with Crippen molar-refractivity contribution in [3.8, 4) is 6.07 Å². The molecule has 15 heavy (non-hydrogen) atoms. The highest BCUT2D eigenvalue weighted by atomic mass is 19.1. The van der Waals surface area contributed by atoms with E-state index in [0.29, 0.717) is 6.54 Å². The van der Waals surface area contributed by atoms with E-state index in [1.165, 1.54) is 12.1 Å². The van der Waals surface area contributed by atoms with E-state index >= 15 is 0 Å². The van der Waals surface area contributed by atoms with Gasteiger partial charge in [0.2, 0.25) is 0 Å². The van der Waals surface area contributed by atoms with Crippen molar-refractivity contribution in [3.05, 3.63) is 47.8 Å². The first kappa shape index (κ1) is 11.4. The third-order valence-corrected chi connectivity index (χ3v) is 2.14. The van der Waals surface area contributed by atoms with Gasteiger partial charge in [0.05, 0.1) is 6.07 Å². The number of halogens is 1. The van der Waals surface area contributed by atoms with Crippen molar-refractivity contribution in [1.29, 1.82) is 5.26 Å². The molecule has 1 unspecified atom stereocenters. The Balaban J connectivity index is 2.92. The molecule has 0 radical (unpaired) electrons. The van der Waals surface area contributed by atoms with E-state index < -0.39 is 6.04 Å². The van der Waals surface area contributed by atoms with E-state index in [-0.39, 0.29) is 5.82 Å². The molecule has 0 aliphatic carbocycles. The number of aryl methyl sites for hydroxylation is 1. The van der Waals surface area contributed by atoms with Gasteiger partial charge >= 0.3 is 0 Å². The van der Waals surface area contributed by atoms with Crippen molar-refractivity contribution in [2.75, 3.05) is 6.54 Å². The van der Waals surface area contributed by atoms with Gasteiger partial charge < -0.3 is 0 Å². The molecule has 0 saturated heterocycles. The summed E-state index contributed by atoms with van der Waals surface area (Å²) in [5, 5.41) is 12.0. The summed E-state index contributed by atoms with van der Waals surface area (Å²) in [5.74, 6) is -0.281. The van der Waals surface area contributed by atoms with Crippen molar-refractivity contribution in [2.24, 2.45) is 0 Å². The van der Waals surface area contributed by atoms with E-state index in [2.05, 4.69) is 18.0 Å². The maximum atomic E-state index is 12.8. The van der Waals surface area contributed by atoms with E-state index in [1.807, 2.05) is 0 Å². The van der Waals surface area contributed by atoms with Crippen LogP contribution in [0.5, 0.6) is 0 Å². The van der Waals surface area contributed by atoms with Crippen molar-refractivity contribution >= 4 is 0 Å². The summed E-state index contributed by atoms with van der Waals surface area (Å²) >= 11 is 0. The second kappa shape index (κ2) is 5.28. The van der Waals surface area contributed by atoms with Crippen molar-refractivity contribution in [1.82, 2.24) is 5.32 Å². The maximum absolute atomic E-state index is 12.8. The summed E-state index contributed by atoms with van der Waals surface area (Å²) in [6.45, 7) is 5.91. The van der Waals surface area contributed by atoms with Gasteiger partial charge in [-0.3, -0.25) is 5.32 Å². The molecule has 78 valence electrons. The van der Waals surface area contributed by atoms with Gasteiger partial charge in [0.1, 0.15) is 11.9 Å². The van der Waals surface area contributed by atoms with Gasteiger partial charge in [0.25, 0.3) is 0 Å². The van der Waals surface area contributed by atoms with Crippen LogP contribution >= 0.6 is 0 Å². The largest absolute Gasteiger partial charge is 0.295 e. The zero-order chi connectivity index (χ0) is 11.3. The van der Waals surface area contributed by atoms with Crippen molar-refractivity contribution in [2.45, 2.75) is 13.0 Å². The lowest BCUT2D eigenvalue weighted by Crippen LogP contribution is -2.20. The molecule has 0 aromatic heterocycles. The third kappa shape index (κ3) is 2.90. The summed E-state index contributed by atoms with van der Waals surface area (Å²) < 4.78 is 12.8. The molecule has 1 N–H and O–H groups in total. The standard InChI is InChI=1S/C12H13FN2/c1-3-6-15-12(8-14)11-5-4-10(13)7-9(11)2/h3-5,7,12,15H,1,6H2,2H3. The zero-order valence-corrected chi connectivity index (χ0v) is 8.63. The molecule has 0 heterocycles. The Morgan fingerprint density at radius 3 is 2.93 bits per heavy atom. The number of benzene rings is 1. The summed E-state index contributed by atoms with van der Waals surface area (Å²) in [7, 11) is 0. The van der Waals surface area contributed by atoms with Crippen LogP contribution in [-0.4, -0.2) is 6.54 Å². The Hall–Kier alpha value is -1.66. The van der Waals surface area contributed by atoms with Crippen LogP contribution in [0.2, 0.25) is 0 Å². The highest BCUT2D eigenvalue weighted by molar-refractivity contribution is 5.32. The molecule has 1 rings (SSSR count). The molecule has 1 atom stereocenters. The van der Waals surface area contributed by atoms with Crippen LogP contribution in [-0.2, 0) is 0 Å². The molecule has 0 aliphatic heterocycles. The van der Waals surface area contributed by atoms with Crippen molar-refractivity contribution in [3.63, 3.8) is 0 Å². The van der Waals surface area contributed by atoms with Gasteiger partial charge in [-0.25, -0.2) is 4.39 Å². The Bertz CT molecular complexity index is 393. The highest BCUT2D eigenvalue weighted by Crippen LogP contribution is 2.17. The Labute approximate surface area is 89.0 Å². The lowest BCUT2D eigenvalue weighted by molar-refractivity contribution is 0.621. The topological polar surface area (TPSA) is 35.8 Å². The van der Waals surface area contributed by atoms with Crippen LogP contribution in [0.3, 0.4) is 0 Å². The first-order valence-corrected chi connectivity index (χ1v) is 4.69. The molecular weight excluding hydrogens is 191 g/mol. The smallest absolute Gasteiger partial charge is 0.123 e. The third-order valence-electron chi connectivity index (χ3n) is 2.14. The Morgan fingerprint density at radius 2 is 2.40 bits per heavy atom. The fraction of sp³-hybridized carbons (Fsp3) is 0.250. The molecule has 0 spiro atoms. The molecule has 0 bridgehead atoms. The van der Waals surface area contributed by atoms with Crippen molar-refractivity contribution < 1.29 is 4.39 Å². The number of nitriles is 1. The first-order chi connectivity index (χ1) is 7.19. The molecule has 3 heteroatoms. The van der Waals surface area contributed by atoms with Gasteiger partial charge in [-0.1, -0.05) is 12.1 Å². The maximum Gasteiger partial charge on any atom is 0.123 e. The lowest BCUT2D eigenvalue weighted by atomic mass is 10.0. The molecule has 0 amide bonds. The number of hydrogen-bond donors (Lipinski definition) is 1. The zero-order valence-electron chi connectivity index (χ0n) is 8.63. The minimum atomic E-state index is -0.413. The van der Waals surface area contributed by atoms with Crippen LogP contribution in [0.4, 0.5) is 4.39 Å². The van der Waals surface area contributed by atoms with Crippen LogP contribution in [0, 0.1) is 24.1 Å². The minimum Gasteiger partial charge on any atom is -0.295 e. The summed E-state index contributed by atoms with van der Waals surface area (Å²) in [5.41, 5.74) is 1.58. The van der Waals surface area contributed by atoms with Crippen LogP contribution in [0.1, 0.15) is 17.2 Å². The van der Waals surface area contributed by atoms with Crippen LogP contribution in [0.25, 0.3) is 0 Å². The average molecular weight is 204 g/mol. The average Bonchev–Trinajstić information content (AvgIpc) is 2.21. The van der Waals surface area contributed by atoms with Gasteiger partial charge in [0, 0.05) is 6.54 Å². The lowest BCUT2D eigenvalue weighted by Gasteiger charge is -2.12. The second-order valence-corrected chi connectivity index (χ2v) is 3.26. The minimum absolute atomic E-state index is 0.281. The molecule has 1 aromatic carbocycles. The molecular formula is C12H13FN2. The van der Waals surface area contributed by atoms with Gasteiger partial charge in [-0.15, -0.1) is 6.58 Å². The Morgan fingerprint density at radius 1 is 1.67 bits per heavy atom. The van der Waals surface area contributed by atoms with E-state index in [1.54, 1.807) is 19.1 Å². The number of hydrogen-bond acceptors (Lipinski definition) is 2. The molecule has 0 fully saturated rings. The van der Waals surface area contributed by atoms with Gasteiger partial charge in [-0.2, -0.15) is 5.26 Å². The van der Waals surface area contributed by atoms with E-state index in [9.17, 15) is 4.39 Å². The monoisotopic (exact) mass is 204 g/mol. The first-order valence-electron chi connectivity index (χ1n) is 4.69. The van der Waals surface area contributed by atoms with Crippen LogP contribution in [0.15, 0.2) is 30.9 Å². The summed E-state index contributed by atoms with van der Waals surface area (Å²) in [6.07, 6.45) is 1.68. The van der Waals surface area contributed by atoms with Gasteiger partial charge in [0.15, 0.2) is 0 Å². The quantitative estimate of drug-likeness (QED) is 0.765. The predicted molar refractivity (Wildman–Crippen MR) is 57.7 cm³/mol. The fourth-order valence-electron chi connectivity index (χ4n) is 1.39. The number of nitrogens with zero attached hydrogens (tertiary/aromatic N) is 1. The Kier molecular flexibility index (Phi) is 4.02. The predicted octanol–water partition coefficient (Wildman–Crippen LogP) is 2.47. The van der Waals surface area contributed by atoms with Crippen LogP contribution < -0.4 is 5.32 Å². The SMILES string of the molecule is C=CCNC(C#N)c1ccc(F)cc1C. The molecule has 0 saturated carbocycles. The molecule has 0 aliphatic rings. The second-order valence-electron chi connectivity index (χ2n) is 3.26. The molecule has 1 aromatic rings. The highest BCUT2D eigenvalue weighted by Gasteiger charge is 2.11. The number of rotatable bonds is 4.